The lowest BCUT2D eigenvalue weighted by Crippen LogP contribution is -2.60. The van der Waals surface area contributed by atoms with Gasteiger partial charge < -0.3 is 15.2 Å². The van der Waals surface area contributed by atoms with Gasteiger partial charge in [0, 0.05) is 6.42 Å². The fourth-order valence-electron chi connectivity index (χ4n) is 1.27. The molecule has 1 amide bonds. The molecule has 0 heterocycles. The zero-order valence-corrected chi connectivity index (χ0v) is 13.3. The predicted octanol–water partition coefficient (Wildman–Crippen LogP) is 1.28. The smallest absolute Gasteiger partial charge is 0.410 e. The molecule has 0 bridgehead atoms. The molecule has 0 aromatic carbocycles. The Balaban J connectivity index is 5.71. The van der Waals surface area contributed by atoms with Crippen LogP contribution in [0.15, 0.2) is 12.4 Å². The van der Waals surface area contributed by atoms with Crippen LogP contribution in [0, 0.1) is 0 Å². The largest absolute Gasteiger partial charge is 0.466 e. The molecule has 0 saturated carbocycles. The third-order valence-electron chi connectivity index (χ3n) is 2.63. The first-order chi connectivity index (χ1) is 11.7. The number of esters is 1. The fraction of sp³-hybridized carbons (Fsp3) is 0.600. The van der Waals surface area contributed by atoms with Crippen molar-refractivity contribution in [3.8, 4) is 0 Å². The Morgan fingerprint density at radius 2 is 1.52 bits per heavy atom. The number of amides is 1. The zero-order chi connectivity index (χ0) is 22.1. The fourth-order valence-corrected chi connectivity index (χ4v) is 1.75. The minimum absolute atomic E-state index is 2.20. The first kappa shape index (κ1) is 25.0. The topological polar surface area (TPSA) is 133 Å². The number of carbonyl (C=O) groups is 2. The number of nitrogens with two attached hydrogens (primary N) is 1. The highest BCUT2D eigenvalue weighted by Crippen LogP contribution is 2.42. The summed E-state index contributed by atoms with van der Waals surface area (Å²) in [6, 6.07) is 0. The lowest BCUT2D eigenvalue weighted by molar-refractivity contribution is -0.348. The SMILES string of the molecule is C=C(F)C(=O)OC(OCCC(F)(F)C(F)(F)S(=O)(=O)O)(C(N)=O)C(F)(F)F. The second-order valence-corrected chi connectivity index (χ2v) is 6.03. The van der Waals surface area contributed by atoms with Crippen molar-refractivity contribution in [1.29, 1.82) is 0 Å². The zero-order valence-electron chi connectivity index (χ0n) is 12.5. The van der Waals surface area contributed by atoms with E-state index in [9.17, 15) is 53.1 Å². The Labute approximate surface area is 144 Å². The molecule has 0 saturated heterocycles. The van der Waals surface area contributed by atoms with Crippen LogP contribution in [-0.2, 0) is 29.2 Å². The molecule has 0 radical (unpaired) electrons. The van der Waals surface area contributed by atoms with Gasteiger partial charge in [-0.2, -0.15) is 43.5 Å². The average Bonchev–Trinajstić information content (AvgIpc) is 2.42. The first-order valence-corrected chi connectivity index (χ1v) is 7.48. The monoisotopic (exact) mass is 439 g/mol. The number of hydrogen-bond donors (Lipinski definition) is 2. The number of primary amides is 1. The lowest BCUT2D eigenvalue weighted by Gasteiger charge is -2.32. The Morgan fingerprint density at radius 1 is 1.07 bits per heavy atom. The van der Waals surface area contributed by atoms with Crippen LogP contribution in [0.5, 0.6) is 0 Å². The van der Waals surface area contributed by atoms with E-state index in [1.165, 1.54) is 0 Å². The van der Waals surface area contributed by atoms with Crippen LogP contribution in [0.4, 0.5) is 35.1 Å². The first-order valence-electron chi connectivity index (χ1n) is 6.04. The highest BCUT2D eigenvalue weighted by atomic mass is 32.2. The van der Waals surface area contributed by atoms with Gasteiger partial charge in [0.15, 0.2) is 0 Å². The van der Waals surface area contributed by atoms with Gasteiger partial charge in [-0.25, -0.2) is 4.79 Å². The molecule has 0 aromatic rings. The van der Waals surface area contributed by atoms with Crippen molar-refractivity contribution in [2.24, 2.45) is 5.73 Å². The molecule has 0 aliphatic heterocycles. The Kier molecular flexibility index (Phi) is 6.98. The van der Waals surface area contributed by atoms with Crippen molar-refractivity contribution >= 4 is 22.0 Å². The number of ether oxygens (including phenoxy) is 2. The van der Waals surface area contributed by atoms with E-state index >= 15 is 0 Å². The van der Waals surface area contributed by atoms with Crippen LogP contribution >= 0.6 is 0 Å². The molecule has 27 heavy (non-hydrogen) atoms. The number of rotatable bonds is 9. The van der Waals surface area contributed by atoms with E-state index in [1.807, 2.05) is 0 Å². The molecule has 0 fully saturated rings. The van der Waals surface area contributed by atoms with Crippen molar-refractivity contribution in [1.82, 2.24) is 0 Å². The summed E-state index contributed by atoms with van der Waals surface area (Å²) in [5, 5.41) is -6.15. The summed E-state index contributed by atoms with van der Waals surface area (Å²) in [7, 11) is -6.70. The van der Waals surface area contributed by atoms with Gasteiger partial charge in [-0.1, -0.05) is 6.58 Å². The molecule has 8 nitrogen and oxygen atoms in total. The predicted molar refractivity (Wildman–Crippen MR) is 66.3 cm³/mol. The molecule has 0 spiro atoms. The lowest BCUT2D eigenvalue weighted by atomic mass is 10.2. The van der Waals surface area contributed by atoms with Crippen molar-refractivity contribution in [2.75, 3.05) is 6.61 Å². The number of carbonyl (C=O) groups excluding carboxylic acids is 2. The Morgan fingerprint density at radius 3 is 1.81 bits per heavy atom. The van der Waals surface area contributed by atoms with Gasteiger partial charge in [0.1, 0.15) is 0 Å². The molecular formula is C10H9F8NO7S. The van der Waals surface area contributed by atoms with Gasteiger partial charge in [-0.15, -0.1) is 0 Å². The summed E-state index contributed by atoms with van der Waals surface area (Å²) in [5.41, 5.74) is 4.33. The summed E-state index contributed by atoms with van der Waals surface area (Å²) in [6.07, 6.45) is -8.65. The summed E-state index contributed by atoms with van der Waals surface area (Å²) < 4.78 is 139. The van der Waals surface area contributed by atoms with Crippen LogP contribution in [0.2, 0.25) is 0 Å². The van der Waals surface area contributed by atoms with Gasteiger partial charge in [0.25, 0.3) is 0 Å². The third kappa shape index (κ3) is 5.04. The average molecular weight is 439 g/mol. The molecule has 3 N–H and O–H groups in total. The molecule has 0 aliphatic carbocycles. The number of hydrogen-bond acceptors (Lipinski definition) is 6. The molecule has 1 unspecified atom stereocenters. The van der Waals surface area contributed by atoms with Crippen molar-refractivity contribution < 1.29 is 67.2 Å². The number of halogens is 8. The summed E-state index contributed by atoms with van der Waals surface area (Å²) in [4.78, 5) is 21.9. The summed E-state index contributed by atoms with van der Waals surface area (Å²) in [6.45, 7) is 0.0139. The van der Waals surface area contributed by atoms with E-state index in [4.69, 9.17) is 4.55 Å². The Hall–Kier alpha value is -2.01. The standard InChI is InChI=1S/C10H9F8NO7S/c1-4(11)5(20)26-8(6(19)21,9(14,15)16)25-3-2-7(12,13)10(17,18)27(22,23)24/h1-3H2,(H2,19,21)(H,22,23,24). The van der Waals surface area contributed by atoms with Crippen molar-refractivity contribution in [2.45, 2.75) is 29.6 Å². The minimum Gasteiger partial charge on any atom is -0.410 e. The maximum absolute atomic E-state index is 13.2. The van der Waals surface area contributed by atoms with Crippen LogP contribution in [0.25, 0.3) is 0 Å². The molecule has 158 valence electrons. The maximum atomic E-state index is 13.2. The number of alkyl halides is 7. The van der Waals surface area contributed by atoms with Crippen LogP contribution in [-0.4, -0.2) is 54.6 Å². The van der Waals surface area contributed by atoms with E-state index in [0.717, 1.165) is 0 Å². The van der Waals surface area contributed by atoms with Gasteiger partial charge >= 0.3 is 45.1 Å². The maximum Gasteiger partial charge on any atom is 0.466 e. The summed E-state index contributed by atoms with van der Waals surface area (Å²) >= 11 is 0. The van der Waals surface area contributed by atoms with Gasteiger partial charge in [0.2, 0.25) is 5.83 Å². The molecule has 0 aliphatic rings. The molecule has 0 aromatic heterocycles. The van der Waals surface area contributed by atoms with Gasteiger partial charge in [-0.05, 0) is 0 Å². The highest BCUT2D eigenvalue weighted by molar-refractivity contribution is 7.87. The van der Waals surface area contributed by atoms with Crippen LogP contribution in [0.1, 0.15) is 6.42 Å². The molecule has 17 heteroatoms. The van der Waals surface area contributed by atoms with Gasteiger partial charge in [-0.3, -0.25) is 9.35 Å². The minimum atomic E-state index is -6.70. The molecular weight excluding hydrogens is 430 g/mol. The second kappa shape index (κ2) is 7.55. The van der Waals surface area contributed by atoms with Gasteiger partial charge in [0.05, 0.1) is 6.61 Å². The Bertz CT molecular complexity index is 720. The normalized spacial score (nSPS) is 15.7. The summed E-state index contributed by atoms with van der Waals surface area (Å²) in [5.74, 6) is -18.1. The van der Waals surface area contributed by atoms with E-state index in [2.05, 4.69) is 21.8 Å². The van der Waals surface area contributed by atoms with E-state index < -0.39 is 64.0 Å². The van der Waals surface area contributed by atoms with Crippen LogP contribution in [0.3, 0.4) is 0 Å². The quantitative estimate of drug-likeness (QED) is 0.182. The third-order valence-corrected chi connectivity index (χ3v) is 3.57. The molecule has 0 rings (SSSR count). The van der Waals surface area contributed by atoms with Crippen LogP contribution < -0.4 is 5.73 Å². The second-order valence-electron chi connectivity index (χ2n) is 4.57. The van der Waals surface area contributed by atoms with Crippen molar-refractivity contribution in [3.63, 3.8) is 0 Å². The van der Waals surface area contributed by atoms with E-state index in [0.29, 0.717) is 0 Å². The highest BCUT2D eigenvalue weighted by Gasteiger charge is 2.68. The van der Waals surface area contributed by atoms with Crippen molar-refractivity contribution in [3.05, 3.63) is 12.4 Å². The van der Waals surface area contributed by atoms with E-state index in [-0.39, 0.29) is 0 Å². The molecule has 1 atom stereocenters. The van der Waals surface area contributed by atoms with E-state index in [1.54, 1.807) is 0 Å².